The summed E-state index contributed by atoms with van der Waals surface area (Å²) in [6.07, 6.45) is 9.39. The molecule has 3 aromatic rings. The Bertz CT molecular complexity index is 1120. The Morgan fingerprint density at radius 2 is 2.09 bits per heavy atom. The standard InChI is InChI=1S/C24H29N5O3/c1-4-17-6-5-8-28(15-17)23(30)19-10-18-7-9-29(22(18)26-12-19)21-11-20(13-25-14-21)27-24(31)32-16(2)3/h7,9-14,16-17H,4-6,8,15H2,1-3H3,(H,27,31)/t17-/m0/s1. The van der Waals surface area contributed by atoms with Crippen molar-refractivity contribution in [2.75, 3.05) is 18.4 Å². The molecule has 1 atom stereocenters. The molecule has 1 saturated heterocycles. The summed E-state index contributed by atoms with van der Waals surface area (Å²) >= 11 is 0. The van der Waals surface area contributed by atoms with Crippen LogP contribution in [-0.4, -0.2) is 50.6 Å². The number of nitrogens with one attached hydrogen (secondary N) is 1. The van der Waals surface area contributed by atoms with Crippen molar-refractivity contribution in [2.45, 2.75) is 46.1 Å². The van der Waals surface area contributed by atoms with Gasteiger partial charge in [0.15, 0.2) is 0 Å². The Morgan fingerprint density at radius 1 is 1.25 bits per heavy atom. The Balaban J connectivity index is 1.55. The maximum Gasteiger partial charge on any atom is 0.411 e. The molecule has 168 valence electrons. The van der Waals surface area contributed by atoms with Crippen LogP contribution < -0.4 is 5.32 Å². The summed E-state index contributed by atoms with van der Waals surface area (Å²) in [5, 5.41) is 3.56. The number of ether oxygens (including phenoxy) is 1. The van der Waals surface area contributed by atoms with E-state index in [0.29, 0.717) is 17.2 Å². The van der Waals surface area contributed by atoms with Gasteiger partial charge in [0.1, 0.15) is 5.65 Å². The number of fused-ring (bicyclic) bond motifs is 1. The number of pyridine rings is 2. The number of hydrogen-bond acceptors (Lipinski definition) is 5. The van der Waals surface area contributed by atoms with Crippen LogP contribution in [-0.2, 0) is 4.74 Å². The minimum absolute atomic E-state index is 0.0434. The summed E-state index contributed by atoms with van der Waals surface area (Å²) < 4.78 is 7.00. The van der Waals surface area contributed by atoms with Gasteiger partial charge in [0.05, 0.1) is 35.4 Å². The minimum atomic E-state index is -0.527. The third kappa shape index (κ3) is 4.74. The lowest BCUT2D eigenvalue weighted by Gasteiger charge is -2.32. The van der Waals surface area contributed by atoms with Crippen molar-refractivity contribution in [3.63, 3.8) is 0 Å². The van der Waals surface area contributed by atoms with Gasteiger partial charge in [-0.2, -0.15) is 0 Å². The van der Waals surface area contributed by atoms with Crippen LogP contribution in [0.5, 0.6) is 0 Å². The highest BCUT2D eigenvalue weighted by atomic mass is 16.6. The second-order valence-corrected chi connectivity index (χ2v) is 8.50. The molecule has 1 aliphatic heterocycles. The van der Waals surface area contributed by atoms with Crippen molar-refractivity contribution in [1.29, 1.82) is 0 Å². The molecule has 3 aromatic heterocycles. The second-order valence-electron chi connectivity index (χ2n) is 8.50. The van der Waals surface area contributed by atoms with E-state index in [4.69, 9.17) is 4.74 Å². The highest BCUT2D eigenvalue weighted by Crippen LogP contribution is 2.24. The monoisotopic (exact) mass is 435 g/mol. The Labute approximate surface area is 187 Å². The molecule has 0 unspecified atom stereocenters. The van der Waals surface area contributed by atoms with Gasteiger partial charge in [-0.05, 0) is 50.8 Å². The predicted octanol–water partition coefficient (Wildman–Crippen LogP) is 4.64. The maximum absolute atomic E-state index is 13.0. The Morgan fingerprint density at radius 3 is 2.88 bits per heavy atom. The average molecular weight is 436 g/mol. The molecule has 8 heteroatoms. The molecule has 0 aromatic carbocycles. The van der Waals surface area contributed by atoms with Gasteiger partial charge >= 0.3 is 6.09 Å². The van der Waals surface area contributed by atoms with Gasteiger partial charge in [-0.1, -0.05) is 13.3 Å². The highest BCUT2D eigenvalue weighted by molar-refractivity contribution is 5.97. The van der Waals surface area contributed by atoms with E-state index in [-0.39, 0.29) is 12.0 Å². The van der Waals surface area contributed by atoms with Gasteiger partial charge in [0.25, 0.3) is 5.91 Å². The number of carbonyl (C=O) groups excluding carboxylic acids is 2. The Hall–Kier alpha value is -3.42. The smallest absolute Gasteiger partial charge is 0.411 e. The van der Waals surface area contributed by atoms with E-state index in [9.17, 15) is 9.59 Å². The number of amides is 2. The van der Waals surface area contributed by atoms with Crippen LogP contribution in [0, 0.1) is 5.92 Å². The van der Waals surface area contributed by atoms with Crippen molar-refractivity contribution in [1.82, 2.24) is 19.4 Å². The van der Waals surface area contributed by atoms with Crippen molar-refractivity contribution < 1.29 is 14.3 Å². The third-order valence-electron chi connectivity index (χ3n) is 5.75. The molecular weight excluding hydrogens is 406 g/mol. The summed E-state index contributed by atoms with van der Waals surface area (Å²) in [4.78, 5) is 35.7. The molecule has 1 aliphatic rings. The molecule has 4 heterocycles. The molecular formula is C24H29N5O3. The zero-order valence-corrected chi connectivity index (χ0v) is 18.7. The minimum Gasteiger partial charge on any atom is -0.447 e. The average Bonchev–Trinajstić information content (AvgIpc) is 3.21. The van der Waals surface area contributed by atoms with Crippen LogP contribution >= 0.6 is 0 Å². The van der Waals surface area contributed by atoms with Gasteiger partial charge in [0, 0.05) is 30.9 Å². The van der Waals surface area contributed by atoms with Crippen LogP contribution in [0.15, 0.2) is 43.0 Å². The number of anilines is 1. The SMILES string of the molecule is CC[C@H]1CCCN(C(=O)c2cnc3c(ccn3-c3cncc(NC(=O)OC(C)C)c3)c2)C1. The van der Waals surface area contributed by atoms with Gasteiger partial charge in [-0.3, -0.25) is 19.7 Å². The fraction of sp³-hybridized carbons (Fsp3) is 0.417. The lowest BCUT2D eigenvalue weighted by molar-refractivity contribution is 0.0671. The van der Waals surface area contributed by atoms with E-state index >= 15 is 0 Å². The molecule has 4 rings (SSSR count). The lowest BCUT2D eigenvalue weighted by Crippen LogP contribution is -2.39. The molecule has 8 nitrogen and oxygen atoms in total. The zero-order chi connectivity index (χ0) is 22.7. The normalized spacial score (nSPS) is 16.4. The van der Waals surface area contributed by atoms with E-state index in [1.165, 1.54) is 6.42 Å². The molecule has 0 aliphatic carbocycles. The molecule has 0 bridgehead atoms. The molecule has 32 heavy (non-hydrogen) atoms. The molecule has 0 radical (unpaired) electrons. The summed E-state index contributed by atoms with van der Waals surface area (Å²) in [6.45, 7) is 7.39. The van der Waals surface area contributed by atoms with Crippen LogP contribution in [0.3, 0.4) is 0 Å². The summed E-state index contributed by atoms with van der Waals surface area (Å²) in [5.41, 5.74) is 2.60. The molecule has 1 fully saturated rings. The van der Waals surface area contributed by atoms with E-state index in [2.05, 4.69) is 22.2 Å². The van der Waals surface area contributed by atoms with Crippen molar-refractivity contribution >= 4 is 28.7 Å². The van der Waals surface area contributed by atoms with Crippen LogP contribution in [0.4, 0.5) is 10.5 Å². The van der Waals surface area contributed by atoms with Gasteiger partial charge in [-0.25, -0.2) is 9.78 Å². The molecule has 0 spiro atoms. The molecule has 1 N–H and O–H groups in total. The molecule has 2 amide bonds. The number of likely N-dealkylation sites (tertiary alicyclic amines) is 1. The van der Waals surface area contributed by atoms with Crippen LogP contribution in [0.2, 0.25) is 0 Å². The highest BCUT2D eigenvalue weighted by Gasteiger charge is 2.24. The quantitative estimate of drug-likeness (QED) is 0.631. The maximum atomic E-state index is 13.0. The first-order chi connectivity index (χ1) is 15.4. The number of nitrogens with zero attached hydrogens (tertiary/aromatic N) is 4. The topological polar surface area (TPSA) is 89.4 Å². The van der Waals surface area contributed by atoms with E-state index < -0.39 is 6.09 Å². The first kappa shape index (κ1) is 21.8. The first-order valence-corrected chi connectivity index (χ1v) is 11.1. The van der Waals surface area contributed by atoms with Gasteiger partial charge in [0.2, 0.25) is 0 Å². The van der Waals surface area contributed by atoms with Gasteiger partial charge < -0.3 is 9.64 Å². The fourth-order valence-corrected chi connectivity index (χ4v) is 4.10. The van der Waals surface area contributed by atoms with Crippen molar-refractivity contribution in [3.05, 3.63) is 48.5 Å². The fourth-order valence-electron chi connectivity index (χ4n) is 4.10. The van der Waals surface area contributed by atoms with Crippen molar-refractivity contribution in [2.24, 2.45) is 5.92 Å². The third-order valence-corrected chi connectivity index (χ3v) is 5.75. The van der Waals surface area contributed by atoms with Gasteiger partial charge in [-0.15, -0.1) is 0 Å². The van der Waals surface area contributed by atoms with Crippen molar-refractivity contribution in [3.8, 4) is 5.69 Å². The Kier molecular flexibility index (Phi) is 6.39. The summed E-state index contributed by atoms with van der Waals surface area (Å²) in [5.74, 6) is 0.624. The number of hydrogen-bond donors (Lipinski definition) is 1. The van der Waals surface area contributed by atoms with E-state index in [1.807, 2.05) is 27.8 Å². The molecule has 0 saturated carbocycles. The second kappa shape index (κ2) is 9.38. The number of rotatable bonds is 5. The number of carbonyl (C=O) groups is 2. The lowest BCUT2D eigenvalue weighted by atomic mass is 9.95. The number of piperidine rings is 1. The predicted molar refractivity (Wildman–Crippen MR) is 123 cm³/mol. The van der Waals surface area contributed by atoms with E-state index in [1.54, 1.807) is 38.5 Å². The largest absolute Gasteiger partial charge is 0.447 e. The van der Waals surface area contributed by atoms with E-state index in [0.717, 1.165) is 42.7 Å². The summed E-state index contributed by atoms with van der Waals surface area (Å²) in [7, 11) is 0. The van der Waals surface area contributed by atoms with Crippen LogP contribution in [0.25, 0.3) is 16.7 Å². The number of aromatic nitrogens is 3. The van der Waals surface area contributed by atoms with Crippen LogP contribution in [0.1, 0.15) is 50.4 Å². The summed E-state index contributed by atoms with van der Waals surface area (Å²) in [6, 6.07) is 5.62. The first-order valence-electron chi connectivity index (χ1n) is 11.1. The zero-order valence-electron chi connectivity index (χ0n) is 18.7.